The van der Waals surface area contributed by atoms with Crippen molar-refractivity contribution in [3.05, 3.63) is 58.6 Å². The SMILES string of the molecule is CC(C)(CCNCc1ccc(Oc2cccc(Br)c2)cc1)C(=O)O. The lowest BCUT2D eigenvalue weighted by Gasteiger charge is -2.19. The predicted molar refractivity (Wildman–Crippen MR) is 98.4 cm³/mol. The second-order valence-corrected chi connectivity index (χ2v) is 7.23. The number of hydrogen-bond donors (Lipinski definition) is 2. The Balaban J connectivity index is 1.81. The van der Waals surface area contributed by atoms with E-state index in [1.54, 1.807) is 13.8 Å². The first-order valence-electron chi connectivity index (χ1n) is 7.83. The molecule has 4 nitrogen and oxygen atoms in total. The molecule has 128 valence electrons. The van der Waals surface area contributed by atoms with Gasteiger partial charge in [-0.25, -0.2) is 0 Å². The smallest absolute Gasteiger partial charge is 0.309 e. The third-order valence-electron chi connectivity index (χ3n) is 3.79. The van der Waals surface area contributed by atoms with Crippen molar-refractivity contribution in [3.63, 3.8) is 0 Å². The fourth-order valence-electron chi connectivity index (χ4n) is 2.08. The van der Waals surface area contributed by atoms with Gasteiger partial charge in [-0.05, 0) is 62.7 Å². The predicted octanol–water partition coefficient (Wildman–Crippen LogP) is 4.83. The molecular weight excluding hydrogens is 370 g/mol. The van der Waals surface area contributed by atoms with E-state index < -0.39 is 11.4 Å². The van der Waals surface area contributed by atoms with Crippen LogP contribution in [0.2, 0.25) is 0 Å². The molecule has 0 aliphatic rings. The number of carbonyl (C=O) groups is 1. The summed E-state index contributed by atoms with van der Waals surface area (Å²) >= 11 is 3.42. The third-order valence-corrected chi connectivity index (χ3v) is 4.28. The highest BCUT2D eigenvalue weighted by atomic mass is 79.9. The Morgan fingerprint density at radius 2 is 1.88 bits per heavy atom. The van der Waals surface area contributed by atoms with Crippen LogP contribution in [0.25, 0.3) is 0 Å². The summed E-state index contributed by atoms with van der Waals surface area (Å²) in [6, 6.07) is 15.6. The average Bonchev–Trinajstić information content (AvgIpc) is 2.53. The quantitative estimate of drug-likeness (QED) is 0.632. The average molecular weight is 392 g/mol. The van der Waals surface area contributed by atoms with E-state index >= 15 is 0 Å². The van der Waals surface area contributed by atoms with E-state index in [1.165, 1.54) is 0 Å². The lowest BCUT2D eigenvalue weighted by Crippen LogP contribution is -2.28. The summed E-state index contributed by atoms with van der Waals surface area (Å²) in [5.41, 5.74) is 0.430. The van der Waals surface area contributed by atoms with E-state index in [4.69, 9.17) is 9.84 Å². The molecule has 2 N–H and O–H groups in total. The second-order valence-electron chi connectivity index (χ2n) is 6.32. The summed E-state index contributed by atoms with van der Waals surface area (Å²) in [7, 11) is 0. The highest BCUT2D eigenvalue weighted by Crippen LogP contribution is 2.24. The molecular formula is C19H22BrNO3. The molecule has 0 radical (unpaired) electrons. The molecule has 2 rings (SSSR count). The number of aliphatic carboxylic acids is 1. The van der Waals surface area contributed by atoms with Gasteiger partial charge in [0.25, 0.3) is 0 Å². The molecule has 0 aliphatic carbocycles. The van der Waals surface area contributed by atoms with Gasteiger partial charge in [-0.1, -0.05) is 34.1 Å². The molecule has 0 amide bonds. The van der Waals surface area contributed by atoms with E-state index in [0.717, 1.165) is 21.5 Å². The molecule has 0 heterocycles. The van der Waals surface area contributed by atoms with Gasteiger partial charge in [0.2, 0.25) is 0 Å². The molecule has 0 fully saturated rings. The van der Waals surface area contributed by atoms with Gasteiger partial charge in [-0.15, -0.1) is 0 Å². The highest BCUT2D eigenvalue weighted by Gasteiger charge is 2.25. The minimum absolute atomic E-state index is 0.590. The monoisotopic (exact) mass is 391 g/mol. The van der Waals surface area contributed by atoms with Gasteiger partial charge in [0.1, 0.15) is 11.5 Å². The number of carboxylic acid groups (broad SMARTS) is 1. The van der Waals surface area contributed by atoms with Crippen LogP contribution in [0.5, 0.6) is 11.5 Å². The van der Waals surface area contributed by atoms with Gasteiger partial charge < -0.3 is 15.2 Å². The third kappa shape index (κ3) is 5.65. The second kappa shape index (κ2) is 8.31. The van der Waals surface area contributed by atoms with Crippen LogP contribution in [-0.4, -0.2) is 17.6 Å². The zero-order valence-corrected chi connectivity index (χ0v) is 15.5. The van der Waals surface area contributed by atoms with Crippen molar-refractivity contribution in [3.8, 4) is 11.5 Å². The van der Waals surface area contributed by atoms with Gasteiger partial charge >= 0.3 is 5.97 Å². The topological polar surface area (TPSA) is 58.6 Å². The van der Waals surface area contributed by atoms with Gasteiger partial charge in [0, 0.05) is 11.0 Å². The van der Waals surface area contributed by atoms with Crippen LogP contribution >= 0.6 is 15.9 Å². The van der Waals surface area contributed by atoms with Crippen molar-refractivity contribution < 1.29 is 14.6 Å². The van der Waals surface area contributed by atoms with Gasteiger partial charge in [0.15, 0.2) is 0 Å². The van der Waals surface area contributed by atoms with Crippen molar-refractivity contribution in [2.24, 2.45) is 5.41 Å². The summed E-state index contributed by atoms with van der Waals surface area (Å²) in [5, 5.41) is 12.4. The van der Waals surface area contributed by atoms with Crippen molar-refractivity contribution >= 4 is 21.9 Å². The van der Waals surface area contributed by atoms with Gasteiger partial charge in [-0.3, -0.25) is 4.79 Å². The summed E-state index contributed by atoms with van der Waals surface area (Å²) in [6.45, 7) is 4.85. The Labute approximate surface area is 151 Å². The minimum atomic E-state index is -0.765. The number of benzene rings is 2. The van der Waals surface area contributed by atoms with E-state index in [9.17, 15) is 4.79 Å². The maximum absolute atomic E-state index is 11.0. The molecule has 0 spiro atoms. The largest absolute Gasteiger partial charge is 0.481 e. The van der Waals surface area contributed by atoms with E-state index in [1.807, 2.05) is 48.5 Å². The van der Waals surface area contributed by atoms with Gasteiger partial charge in [0.05, 0.1) is 5.41 Å². The normalized spacial score (nSPS) is 11.3. The summed E-state index contributed by atoms with van der Waals surface area (Å²) < 4.78 is 6.77. The van der Waals surface area contributed by atoms with E-state index in [-0.39, 0.29) is 0 Å². The molecule has 24 heavy (non-hydrogen) atoms. The van der Waals surface area contributed by atoms with Gasteiger partial charge in [-0.2, -0.15) is 0 Å². The Hall–Kier alpha value is -1.85. The van der Waals surface area contributed by atoms with Crippen LogP contribution in [0.4, 0.5) is 0 Å². The number of halogens is 1. The molecule has 2 aromatic rings. The highest BCUT2D eigenvalue weighted by molar-refractivity contribution is 9.10. The van der Waals surface area contributed by atoms with Crippen LogP contribution in [0, 0.1) is 5.41 Å². The Morgan fingerprint density at radius 3 is 2.50 bits per heavy atom. The number of rotatable bonds is 8. The molecule has 0 aromatic heterocycles. The molecule has 0 bridgehead atoms. The first kappa shape index (κ1) is 18.5. The van der Waals surface area contributed by atoms with Crippen LogP contribution in [0.1, 0.15) is 25.8 Å². The number of nitrogens with one attached hydrogen (secondary N) is 1. The molecule has 0 atom stereocenters. The molecule has 5 heteroatoms. The van der Waals surface area contributed by atoms with Crippen LogP contribution in [0.3, 0.4) is 0 Å². The Morgan fingerprint density at radius 1 is 1.17 bits per heavy atom. The lowest BCUT2D eigenvalue weighted by atomic mass is 9.90. The zero-order valence-electron chi connectivity index (χ0n) is 13.9. The molecule has 0 unspecified atom stereocenters. The summed E-state index contributed by atoms with van der Waals surface area (Å²) in [4.78, 5) is 11.0. The summed E-state index contributed by atoms with van der Waals surface area (Å²) in [6.07, 6.45) is 0.590. The fraction of sp³-hybridized carbons (Fsp3) is 0.316. The van der Waals surface area contributed by atoms with E-state index in [2.05, 4.69) is 21.2 Å². The van der Waals surface area contributed by atoms with Crippen LogP contribution in [-0.2, 0) is 11.3 Å². The van der Waals surface area contributed by atoms with Crippen LogP contribution in [0.15, 0.2) is 53.0 Å². The fourth-order valence-corrected chi connectivity index (χ4v) is 2.46. The standard InChI is InChI=1S/C19H22BrNO3/c1-19(2,18(22)23)10-11-21-13-14-6-8-16(9-7-14)24-17-5-3-4-15(20)12-17/h3-9,12,21H,10-11,13H2,1-2H3,(H,22,23). The Kier molecular flexibility index (Phi) is 6.40. The van der Waals surface area contributed by atoms with Crippen LogP contribution < -0.4 is 10.1 Å². The Bertz CT molecular complexity index is 683. The summed E-state index contributed by atoms with van der Waals surface area (Å²) in [5.74, 6) is 0.799. The van der Waals surface area contributed by atoms with Crippen molar-refractivity contribution in [2.75, 3.05) is 6.54 Å². The molecule has 0 saturated carbocycles. The first-order valence-corrected chi connectivity index (χ1v) is 8.62. The first-order chi connectivity index (χ1) is 11.4. The number of hydrogen-bond acceptors (Lipinski definition) is 3. The lowest BCUT2D eigenvalue weighted by molar-refractivity contribution is -0.147. The maximum atomic E-state index is 11.0. The number of carboxylic acids is 1. The maximum Gasteiger partial charge on any atom is 0.309 e. The van der Waals surface area contributed by atoms with Crippen molar-refractivity contribution in [1.82, 2.24) is 5.32 Å². The molecule has 2 aromatic carbocycles. The van der Waals surface area contributed by atoms with Crippen molar-refractivity contribution in [2.45, 2.75) is 26.8 Å². The van der Waals surface area contributed by atoms with E-state index in [0.29, 0.717) is 19.5 Å². The van der Waals surface area contributed by atoms with Crippen molar-refractivity contribution in [1.29, 1.82) is 0 Å². The number of ether oxygens (including phenoxy) is 1. The minimum Gasteiger partial charge on any atom is -0.481 e. The molecule has 0 aliphatic heterocycles. The molecule has 0 saturated heterocycles. The zero-order chi connectivity index (χ0) is 17.6.